The predicted molar refractivity (Wildman–Crippen MR) is 127 cm³/mol. The van der Waals surface area contributed by atoms with E-state index < -0.39 is 18.6 Å². The number of nitrogens with zero attached hydrogens (tertiary/aromatic N) is 8. The van der Waals surface area contributed by atoms with E-state index in [1.54, 1.807) is 37.5 Å². The van der Waals surface area contributed by atoms with Crippen molar-refractivity contribution in [3.63, 3.8) is 0 Å². The maximum atomic E-state index is 12.7. The number of methoxy groups -OCH3 is 1. The van der Waals surface area contributed by atoms with Crippen molar-refractivity contribution in [1.29, 1.82) is 0 Å². The Kier molecular flexibility index (Phi) is 6.25. The fraction of sp³-hybridized carbons (Fsp3) is 0.304. The highest BCUT2D eigenvalue weighted by Crippen LogP contribution is 2.34. The summed E-state index contributed by atoms with van der Waals surface area (Å²) in [6.07, 6.45) is 3.83. The molecule has 1 fully saturated rings. The molecule has 4 aromatic rings. The Bertz CT molecular complexity index is 1440. The molecule has 0 radical (unpaired) electrons. The highest BCUT2D eigenvalue weighted by Gasteiger charge is 2.45. The first kappa shape index (κ1) is 24.2. The van der Waals surface area contributed by atoms with Gasteiger partial charge in [0.2, 0.25) is 5.95 Å². The fourth-order valence-corrected chi connectivity index (χ4v) is 4.07. The third-order valence-electron chi connectivity index (χ3n) is 5.97. The second-order valence-corrected chi connectivity index (χ2v) is 8.44. The molecule has 1 saturated heterocycles. The van der Waals surface area contributed by atoms with Crippen LogP contribution in [0.4, 0.5) is 20.4 Å². The topological polar surface area (TPSA) is 136 Å². The van der Waals surface area contributed by atoms with E-state index in [4.69, 9.17) is 4.74 Å². The third kappa shape index (κ3) is 4.70. The van der Waals surface area contributed by atoms with Crippen LogP contribution in [0, 0.1) is 0 Å². The predicted octanol–water partition coefficient (Wildman–Crippen LogP) is 1.99. The zero-order valence-electron chi connectivity index (χ0n) is 19.9. The number of hydrogen-bond acceptors (Lipinski definition) is 9. The number of likely N-dealkylation sites (tertiary alicyclic amines) is 1. The molecular weight excluding hydrogens is 488 g/mol. The van der Waals surface area contributed by atoms with E-state index in [0.29, 0.717) is 41.4 Å². The first-order valence-electron chi connectivity index (χ1n) is 11.3. The van der Waals surface area contributed by atoms with Crippen LogP contribution >= 0.6 is 0 Å². The smallest absolute Gasteiger partial charge is 0.258 e. The summed E-state index contributed by atoms with van der Waals surface area (Å²) in [4.78, 5) is 26.9. The molecule has 37 heavy (non-hydrogen) atoms. The lowest BCUT2D eigenvalue weighted by Gasteiger charge is -2.21. The van der Waals surface area contributed by atoms with Gasteiger partial charge in [0.25, 0.3) is 18.2 Å². The molecule has 1 amide bonds. The first-order valence-corrected chi connectivity index (χ1v) is 11.3. The van der Waals surface area contributed by atoms with Gasteiger partial charge in [0.1, 0.15) is 17.9 Å². The average Bonchev–Trinajstić information content (AvgIpc) is 3.59. The summed E-state index contributed by atoms with van der Waals surface area (Å²) in [7, 11) is 3.03. The largest absolute Gasteiger partial charge is 0.478 e. The van der Waals surface area contributed by atoms with Crippen molar-refractivity contribution in [2.24, 2.45) is 0 Å². The third-order valence-corrected chi connectivity index (χ3v) is 5.97. The van der Waals surface area contributed by atoms with Gasteiger partial charge in [0, 0.05) is 44.7 Å². The number of carbonyl (C=O) groups excluding carboxylic acids is 1. The van der Waals surface area contributed by atoms with E-state index in [0.717, 1.165) is 4.68 Å². The Hall–Kier alpha value is -4.46. The molecule has 5 rings (SSSR count). The number of aliphatic hydroxyl groups is 1. The quantitative estimate of drug-likeness (QED) is 0.364. The molecule has 1 atom stereocenters. The molecule has 0 aliphatic carbocycles. The summed E-state index contributed by atoms with van der Waals surface area (Å²) in [6, 6.07) is 6.64. The number of carbonyl (C=O) groups is 1. The van der Waals surface area contributed by atoms with Crippen LogP contribution in [-0.2, 0) is 16.9 Å². The molecule has 1 aliphatic rings. The summed E-state index contributed by atoms with van der Waals surface area (Å²) < 4.78 is 33.2. The monoisotopic (exact) mass is 511 g/mol. The van der Waals surface area contributed by atoms with Gasteiger partial charge < -0.3 is 20.1 Å². The van der Waals surface area contributed by atoms with Crippen molar-refractivity contribution in [2.75, 3.05) is 26.0 Å². The van der Waals surface area contributed by atoms with Crippen molar-refractivity contribution in [2.45, 2.75) is 25.0 Å². The average molecular weight is 511 g/mol. The summed E-state index contributed by atoms with van der Waals surface area (Å²) >= 11 is 0. The van der Waals surface area contributed by atoms with E-state index in [1.807, 2.05) is 0 Å². The summed E-state index contributed by atoms with van der Waals surface area (Å²) in [5.74, 6) is 0.365. The van der Waals surface area contributed by atoms with Gasteiger partial charge >= 0.3 is 0 Å². The van der Waals surface area contributed by atoms with Gasteiger partial charge in [0.05, 0.1) is 19.0 Å². The Morgan fingerprint density at radius 3 is 2.73 bits per heavy atom. The molecule has 192 valence electrons. The van der Waals surface area contributed by atoms with Crippen LogP contribution in [0.3, 0.4) is 0 Å². The van der Waals surface area contributed by atoms with E-state index in [-0.39, 0.29) is 17.7 Å². The number of amides is 1. The van der Waals surface area contributed by atoms with Crippen molar-refractivity contribution >= 4 is 17.5 Å². The number of aromatic nitrogens is 7. The zero-order chi connectivity index (χ0) is 26.2. The Balaban J connectivity index is 1.38. The lowest BCUT2D eigenvalue weighted by molar-refractivity contribution is -0.143. The first-order chi connectivity index (χ1) is 17.8. The normalized spacial score (nSPS) is 17.6. The van der Waals surface area contributed by atoms with Crippen molar-refractivity contribution in [3.05, 3.63) is 54.6 Å². The van der Waals surface area contributed by atoms with E-state index in [9.17, 15) is 18.7 Å². The van der Waals surface area contributed by atoms with Crippen LogP contribution in [0.5, 0.6) is 5.88 Å². The van der Waals surface area contributed by atoms with Crippen molar-refractivity contribution in [1.82, 2.24) is 39.4 Å². The second kappa shape index (κ2) is 9.54. The highest BCUT2D eigenvalue weighted by atomic mass is 19.3. The summed E-state index contributed by atoms with van der Waals surface area (Å²) in [5.41, 5.74) is 0.179. The number of pyridine rings is 1. The van der Waals surface area contributed by atoms with Crippen LogP contribution in [0.25, 0.3) is 17.2 Å². The number of rotatable bonds is 8. The number of alkyl halides is 2. The van der Waals surface area contributed by atoms with Gasteiger partial charge in [-0.2, -0.15) is 10.1 Å². The second-order valence-electron chi connectivity index (χ2n) is 8.44. The number of ether oxygens (including phenoxy) is 1. The number of anilines is 2. The van der Waals surface area contributed by atoms with E-state index in [1.165, 1.54) is 35.3 Å². The molecule has 14 heteroatoms. The van der Waals surface area contributed by atoms with Crippen molar-refractivity contribution in [3.8, 4) is 23.1 Å². The number of nitrogens with one attached hydrogen (secondary N) is 1. The maximum Gasteiger partial charge on any atom is 0.258 e. The van der Waals surface area contributed by atoms with E-state index in [2.05, 4.69) is 30.5 Å². The lowest BCUT2D eigenvalue weighted by atomic mass is 9.92. The van der Waals surface area contributed by atoms with Crippen LogP contribution < -0.4 is 10.1 Å². The minimum absolute atomic E-state index is 0.121. The molecule has 0 unspecified atom stereocenters. The van der Waals surface area contributed by atoms with Gasteiger partial charge in [0.15, 0.2) is 11.4 Å². The van der Waals surface area contributed by atoms with Crippen LogP contribution in [0.2, 0.25) is 0 Å². The van der Waals surface area contributed by atoms with Gasteiger partial charge in [-0.3, -0.25) is 14.5 Å². The molecular formula is C23H23F2N9O3. The van der Waals surface area contributed by atoms with Gasteiger partial charge in [-0.1, -0.05) is 0 Å². The Labute approximate surface area is 209 Å². The van der Waals surface area contributed by atoms with Gasteiger partial charge in [-0.25, -0.2) is 18.4 Å². The van der Waals surface area contributed by atoms with Crippen LogP contribution in [0.1, 0.15) is 12.0 Å². The van der Waals surface area contributed by atoms with E-state index >= 15 is 0 Å². The molecule has 12 nitrogen and oxygen atoms in total. The number of likely N-dealkylation sites (N-methyl/N-ethyl adjacent to an activating group) is 1. The lowest BCUT2D eigenvalue weighted by Crippen LogP contribution is -2.36. The molecule has 4 aromatic heterocycles. The van der Waals surface area contributed by atoms with Crippen molar-refractivity contribution < 1.29 is 23.4 Å². The van der Waals surface area contributed by atoms with Crippen LogP contribution in [0.15, 0.2) is 49.1 Å². The van der Waals surface area contributed by atoms with Gasteiger partial charge in [-0.05, 0) is 23.8 Å². The number of hydrogen-bond donors (Lipinski definition) is 2. The minimum Gasteiger partial charge on any atom is -0.478 e. The molecule has 0 aromatic carbocycles. The maximum absolute atomic E-state index is 12.7. The fourth-order valence-electron chi connectivity index (χ4n) is 4.07. The molecule has 2 N–H and O–H groups in total. The van der Waals surface area contributed by atoms with Crippen LogP contribution in [-0.4, -0.2) is 77.6 Å². The molecule has 0 spiro atoms. The molecule has 5 heterocycles. The standard InChI is InChI=1S/C23H23F2N9O3/c1-32-10-6-23(36,21(32)35)14-3-7-26-16(11-14)15-5-9-34(30-15)19-4-8-27-22(29-19)28-17-12-33(13-18(24)25)31-20(17)37-2/h3-5,7-9,11-12,18,36H,6,10,13H2,1-2H3,(H,27,28,29)/t23-/m0/s1. The Morgan fingerprint density at radius 1 is 1.19 bits per heavy atom. The summed E-state index contributed by atoms with van der Waals surface area (Å²) in [6.45, 7) is -0.114. The summed E-state index contributed by atoms with van der Waals surface area (Å²) in [5, 5.41) is 22.4. The van der Waals surface area contributed by atoms with Gasteiger partial charge in [-0.15, -0.1) is 5.10 Å². The Morgan fingerprint density at radius 2 is 2.00 bits per heavy atom. The zero-order valence-corrected chi connectivity index (χ0v) is 19.9. The molecule has 0 bridgehead atoms. The SMILES string of the molecule is COc1nn(CC(F)F)cc1Nc1nccc(-n2ccc(-c3cc([C@@]4(O)CCN(C)C4=O)ccn3)n2)n1. The molecule has 1 aliphatic heterocycles. The molecule has 0 saturated carbocycles. The number of halogens is 2. The minimum atomic E-state index is -2.57. The highest BCUT2D eigenvalue weighted by molar-refractivity contribution is 5.88.